The standard InChI is InChI=1S/C17H19BrFNO/c1-3-6-20-11-13-8-14(19)10-16(9-13)21-15-4-5-17(18)12(2)7-15/h4-5,7-10,20H,3,6,11H2,1-2H3. The molecule has 0 heterocycles. The van der Waals surface area contributed by atoms with Crippen molar-refractivity contribution in [2.24, 2.45) is 0 Å². The lowest BCUT2D eigenvalue weighted by molar-refractivity contribution is 0.474. The lowest BCUT2D eigenvalue weighted by Crippen LogP contribution is -2.13. The van der Waals surface area contributed by atoms with Crippen LogP contribution < -0.4 is 10.1 Å². The van der Waals surface area contributed by atoms with E-state index in [0.29, 0.717) is 18.0 Å². The highest BCUT2D eigenvalue weighted by Crippen LogP contribution is 2.27. The molecule has 4 heteroatoms. The van der Waals surface area contributed by atoms with E-state index in [4.69, 9.17) is 4.74 Å². The largest absolute Gasteiger partial charge is 0.457 e. The van der Waals surface area contributed by atoms with Crippen LogP contribution in [0.1, 0.15) is 24.5 Å². The van der Waals surface area contributed by atoms with Crippen LogP contribution in [0.5, 0.6) is 11.5 Å². The van der Waals surface area contributed by atoms with Gasteiger partial charge in [-0.1, -0.05) is 22.9 Å². The van der Waals surface area contributed by atoms with Gasteiger partial charge in [0.2, 0.25) is 0 Å². The summed E-state index contributed by atoms with van der Waals surface area (Å²) >= 11 is 3.45. The lowest BCUT2D eigenvalue weighted by atomic mass is 10.2. The summed E-state index contributed by atoms with van der Waals surface area (Å²) in [7, 11) is 0. The minimum Gasteiger partial charge on any atom is -0.457 e. The molecule has 112 valence electrons. The minimum atomic E-state index is -0.283. The van der Waals surface area contributed by atoms with Crippen molar-refractivity contribution in [2.75, 3.05) is 6.54 Å². The second-order valence-electron chi connectivity index (χ2n) is 4.99. The van der Waals surface area contributed by atoms with Gasteiger partial charge in [0.25, 0.3) is 0 Å². The Morgan fingerprint density at radius 3 is 2.67 bits per heavy atom. The van der Waals surface area contributed by atoms with E-state index < -0.39 is 0 Å². The highest BCUT2D eigenvalue weighted by atomic mass is 79.9. The number of hydrogen-bond donors (Lipinski definition) is 1. The number of aryl methyl sites for hydroxylation is 1. The van der Waals surface area contributed by atoms with Crippen molar-refractivity contribution >= 4 is 15.9 Å². The van der Waals surface area contributed by atoms with E-state index >= 15 is 0 Å². The molecular weight excluding hydrogens is 333 g/mol. The second kappa shape index (κ2) is 7.57. The first-order valence-corrected chi connectivity index (χ1v) is 7.82. The van der Waals surface area contributed by atoms with Crippen molar-refractivity contribution in [1.82, 2.24) is 5.32 Å². The Morgan fingerprint density at radius 1 is 1.14 bits per heavy atom. The zero-order valence-corrected chi connectivity index (χ0v) is 13.8. The first-order valence-electron chi connectivity index (χ1n) is 7.02. The lowest BCUT2D eigenvalue weighted by Gasteiger charge is -2.10. The number of hydrogen-bond acceptors (Lipinski definition) is 2. The molecule has 0 saturated carbocycles. The molecule has 2 aromatic rings. The highest BCUT2D eigenvalue weighted by Gasteiger charge is 2.05. The maximum atomic E-state index is 13.7. The van der Waals surface area contributed by atoms with Gasteiger partial charge in [0.15, 0.2) is 0 Å². The van der Waals surface area contributed by atoms with Crippen molar-refractivity contribution in [3.63, 3.8) is 0 Å². The summed E-state index contributed by atoms with van der Waals surface area (Å²) in [4.78, 5) is 0. The molecule has 2 aromatic carbocycles. The molecule has 0 bridgehead atoms. The summed E-state index contributed by atoms with van der Waals surface area (Å²) in [5.41, 5.74) is 1.96. The third kappa shape index (κ3) is 4.83. The van der Waals surface area contributed by atoms with Gasteiger partial charge in [-0.25, -0.2) is 4.39 Å². The average molecular weight is 352 g/mol. The summed E-state index contributed by atoms with van der Waals surface area (Å²) < 4.78 is 20.4. The molecule has 0 spiro atoms. The highest BCUT2D eigenvalue weighted by molar-refractivity contribution is 9.10. The van der Waals surface area contributed by atoms with Gasteiger partial charge in [-0.05, 0) is 61.3 Å². The van der Waals surface area contributed by atoms with E-state index in [-0.39, 0.29) is 5.82 Å². The molecule has 2 nitrogen and oxygen atoms in total. The Bertz CT molecular complexity index is 616. The first kappa shape index (κ1) is 16.0. The second-order valence-corrected chi connectivity index (χ2v) is 5.84. The fourth-order valence-corrected chi connectivity index (χ4v) is 2.25. The van der Waals surface area contributed by atoms with Crippen molar-refractivity contribution in [2.45, 2.75) is 26.8 Å². The summed E-state index contributed by atoms with van der Waals surface area (Å²) in [6, 6.07) is 10.5. The van der Waals surface area contributed by atoms with Crippen LogP contribution in [0.15, 0.2) is 40.9 Å². The molecule has 0 radical (unpaired) electrons. The molecule has 0 aliphatic heterocycles. The van der Waals surface area contributed by atoms with Gasteiger partial charge in [0, 0.05) is 17.1 Å². The molecule has 0 fully saturated rings. The molecule has 0 aliphatic rings. The Labute approximate surface area is 133 Å². The van der Waals surface area contributed by atoms with Gasteiger partial charge in [-0.15, -0.1) is 0 Å². The Hall–Kier alpha value is -1.39. The number of benzene rings is 2. The van der Waals surface area contributed by atoms with E-state index in [1.54, 1.807) is 0 Å². The van der Waals surface area contributed by atoms with Crippen molar-refractivity contribution in [3.8, 4) is 11.5 Å². The summed E-state index contributed by atoms with van der Waals surface area (Å²) in [6.45, 7) is 5.64. The molecule has 0 aromatic heterocycles. The molecule has 0 atom stereocenters. The van der Waals surface area contributed by atoms with Crippen LogP contribution in [0.4, 0.5) is 4.39 Å². The molecule has 21 heavy (non-hydrogen) atoms. The smallest absolute Gasteiger partial charge is 0.130 e. The molecular formula is C17H19BrFNO. The summed E-state index contributed by atoms with van der Waals surface area (Å²) in [5.74, 6) is 0.938. The van der Waals surface area contributed by atoms with Gasteiger partial charge in [-0.3, -0.25) is 0 Å². The zero-order valence-electron chi connectivity index (χ0n) is 12.2. The third-order valence-corrected chi connectivity index (χ3v) is 3.94. The monoisotopic (exact) mass is 351 g/mol. The fraction of sp³-hybridized carbons (Fsp3) is 0.294. The summed E-state index contributed by atoms with van der Waals surface area (Å²) in [6.07, 6.45) is 1.05. The topological polar surface area (TPSA) is 21.3 Å². The normalized spacial score (nSPS) is 10.7. The van der Waals surface area contributed by atoms with Crippen molar-refractivity contribution in [3.05, 3.63) is 57.8 Å². The predicted molar refractivity (Wildman–Crippen MR) is 87.4 cm³/mol. The van der Waals surface area contributed by atoms with E-state index in [2.05, 4.69) is 28.2 Å². The van der Waals surface area contributed by atoms with Gasteiger partial charge < -0.3 is 10.1 Å². The van der Waals surface area contributed by atoms with Gasteiger partial charge >= 0.3 is 0 Å². The van der Waals surface area contributed by atoms with E-state index in [0.717, 1.165) is 28.6 Å². The molecule has 2 rings (SSSR count). The fourth-order valence-electron chi connectivity index (χ4n) is 2.01. The molecule has 0 amide bonds. The quantitative estimate of drug-likeness (QED) is 0.723. The maximum absolute atomic E-state index is 13.7. The van der Waals surface area contributed by atoms with E-state index in [1.165, 1.54) is 12.1 Å². The summed E-state index contributed by atoms with van der Waals surface area (Å²) in [5, 5.41) is 3.26. The van der Waals surface area contributed by atoms with Crippen LogP contribution in [0.2, 0.25) is 0 Å². The Kier molecular flexibility index (Phi) is 5.76. The number of nitrogens with one attached hydrogen (secondary N) is 1. The molecule has 0 unspecified atom stereocenters. The van der Waals surface area contributed by atoms with Crippen LogP contribution in [0.25, 0.3) is 0 Å². The average Bonchev–Trinajstić information content (AvgIpc) is 2.43. The molecule has 1 N–H and O–H groups in total. The zero-order chi connectivity index (χ0) is 15.2. The Morgan fingerprint density at radius 2 is 1.95 bits per heavy atom. The SMILES string of the molecule is CCCNCc1cc(F)cc(Oc2ccc(Br)c(C)c2)c1. The number of halogens is 2. The predicted octanol–water partition coefficient (Wildman–Crippen LogP) is 5.19. The van der Waals surface area contributed by atoms with Gasteiger partial charge in [-0.2, -0.15) is 0 Å². The minimum absolute atomic E-state index is 0.283. The van der Waals surface area contributed by atoms with Gasteiger partial charge in [0.1, 0.15) is 17.3 Å². The molecule has 0 aliphatic carbocycles. The van der Waals surface area contributed by atoms with Crippen LogP contribution in [0.3, 0.4) is 0 Å². The third-order valence-electron chi connectivity index (χ3n) is 3.05. The van der Waals surface area contributed by atoms with Crippen molar-refractivity contribution in [1.29, 1.82) is 0 Å². The van der Waals surface area contributed by atoms with E-state index in [9.17, 15) is 4.39 Å². The van der Waals surface area contributed by atoms with Crippen molar-refractivity contribution < 1.29 is 9.13 Å². The maximum Gasteiger partial charge on any atom is 0.130 e. The van der Waals surface area contributed by atoms with Gasteiger partial charge in [0.05, 0.1) is 0 Å². The van der Waals surface area contributed by atoms with Crippen LogP contribution >= 0.6 is 15.9 Å². The molecule has 0 saturated heterocycles. The van der Waals surface area contributed by atoms with Crippen LogP contribution in [-0.4, -0.2) is 6.54 Å². The Balaban J connectivity index is 2.13. The number of ether oxygens (including phenoxy) is 1. The van der Waals surface area contributed by atoms with Crippen LogP contribution in [0, 0.1) is 12.7 Å². The number of rotatable bonds is 6. The van der Waals surface area contributed by atoms with Crippen LogP contribution in [-0.2, 0) is 6.54 Å². The first-order chi connectivity index (χ1) is 10.1. The van der Waals surface area contributed by atoms with E-state index in [1.807, 2.05) is 31.2 Å².